The Hall–Kier alpha value is -2.94. The molecule has 0 spiro atoms. The van der Waals surface area contributed by atoms with Gasteiger partial charge in [-0.3, -0.25) is 4.79 Å². The molecule has 1 amide bonds. The van der Waals surface area contributed by atoms with Crippen LogP contribution >= 0.6 is 0 Å². The third-order valence-corrected chi connectivity index (χ3v) is 3.98. The first kappa shape index (κ1) is 16.9. The summed E-state index contributed by atoms with van der Waals surface area (Å²) in [5.74, 6) is 0.292. The summed E-state index contributed by atoms with van der Waals surface area (Å²) in [4.78, 5) is 12.9. The molecule has 0 aromatic heterocycles. The number of carbonyl (C=O) groups is 1. The third-order valence-electron chi connectivity index (χ3n) is 3.98. The number of allylic oxidation sites excluding steroid dienone is 3. The Balaban J connectivity index is 1.99. The first-order valence-electron chi connectivity index (χ1n) is 8.50. The Morgan fingerprint density at radius 1 is 1.00 bits per heavy atom. The molecule has 1 aliphatic rings. The van der Waals surface area contributed by atoms with Gasteiger partial charge in [-0.05, 0) is 42.2 Å². The summed E-state index contributed by atoms with van der Waals surface area (Å²) < 4.78 is 0. The van der Waals surface area contributed by atoms with Crippen LogP contribution in [0.25, 0.3) is 5.57 Å². The molecular weight excluding hydrogens is 308 g/mol. The van der Waals surface area contributed by atoms with Crippen molar-refractivity contribution < 1.29 is 4.79 Å². The predicted molar refractivity (Wildman–Crippen MR) is 104 cm³/mol. The Labute approximate surface area is 149 Å². The van der Waals surface area contributed by atoms with E-state index >= 15 is 0 Å². The molecule has 0 fully saturated rings. The van der Waals surface area contributed by atoms with Gasteiger partial charge in [0.15, 0.2) is 0 Å². The lowest BCUT2D eigenvalue weighted by atomic mass is 9.98. The summed E-state index contributed by atoms with van der Waals surface area (Å²) in [5.41, 5.74) is 4.30. The standard InChI is InChI=1S/C22H22N2O/c1-16(2)14-19(18-10-6-4-7-11-18)15-21-17(3)23-24(22(21)25)20-12-8-5-9-13-20/h4-16H,1-3H3/b19-14?,21-15+. The molecule has 3 nitrogen and oxygen atoms in total. The summed E-state index contributed by atoms with van der Waals surface area (Å²) in [5, 5.41) is 5.92. The zero-order valence-electron chi connectivity index (χ0n) is 14.8. The zero-order valence-corrected chi connectivity index (χ0v) is 14.8. The molecule has 0 N–H and O–H groups in total. The molecule has 0 atom stereocenters. The molecule has 0 saturated heterocycles. The topological polar surface area (TPSA) is 32.7 Å². The molecule has 1 aliphatic heterocycles. The van der Waals surface area contributed by atoms with E-state index in [-0.39, 0.29) is 5.91 Å². The van der Waals surface area contributed by atoms with Crippen LogP contribution in [0.4, 0.5) is 5.69 Å². The molecule has 0 saturated carbocycles. The lowest BCUT2D eigenvalue weighted by Gasteiger charge is -2.11. The van der Waals surface area contributed by atoms with E-state index < -0.39 is 0 Å². The fourth-order valence-corrected chi connectivity index (χ4v) is 2.80. The quantitative estimate of drug-likeness (QED) is 0.720. The summed E-state index contributed by atoms with van der Waals surface area (Å²) >= 11 is 0. The Kier molecular flexibility index (Phi) is 4.94. The number of amides is 1. The van der Waals surface area contributed by atoms with Gasteiger partial charge in [-0.25, -0.2) is 0 Å². The van der Waals surface area contributed by atoms with Gasteiger partial charge in [0.25, 0.3) is 5.91 Å². The van der Waals surface area contributed by atoms with E-state index in [4.69, 9.17) is 0 Å². The van der Waals surface area contributed by atoms with E-state index in [9.17, 15) is 4.79 Å². The number of benzene rings is 2. The van der Waals surface area contributed by atoms with Crippen LogP contribution in [0.1, 0.15) is 26.3 Å². The zero-order chi connectivity index (χ0) is 17.8. The van der Waals surface area contributed by atoms with Crippen molar-refractivity contribution >= 4 is 22.9 Å². The van der Waals surface area contributed by atoms with E-state index in [1.165, 1.54) is 5.01 Å². The lowest BCUT2D eigenvalue weighted by Crippen LogP contribution is -2.21. The van der Waals surface area contributed by atoms with Gasteiger partial charge < -0.3 is 0 Å². The second kappa shape index (κ2) is 7.31. The number of hydrogen-bond donors (Lipinski definition) is 0. The Morgan fingerprint density at radius 2 is 1.60 bits per heavy atom. The van der Waals surface area contributed by atoms with Gasteiger partial charge in [0, 0.05) is 0 Å². The number of hydrogen-bond acceptors (Lipinski definition) is 2. The molecule has 3 heteroatoms. The second-order valence-electron chi connectivity index (χ2n) is 6.43. The van der Waals surface area contributed by atoms with Gasteiger partial charge in [0.1, 0.15) is 0 Å². The summed E-state index contributed by atoms with van der Waals surface area (Å²) in [6, 6.07) is 19.7. The minimum atomic E-state index is -0.0886. The molecule has 0 radical (unpaired) electrons. The smallest absolute Gasteiger partial charge is 0.267 e. The minimum absolute atomic E-state index is 0.0886. The van der Waals surface area contributed by atoms with Crippen molar-refractivity contribution in [1.29, 1.82) is 0 Å². The first-order chi connectivity index (χ1) is 12.1. The van der Waals surface area contributed by atoms with E-state index in [0.717, 1.165) is 22.5 Å². The van der Waals surface area contributed by atoms with Crippen LogP contribution < -0.4 is 5.01 Å². The highest BCUT2D eigenvalue weighted by Crippen LogP contribution is 2.27. The average molecular weight is 330 g/mol. The second-order valence-corrected chi connectivity index (χ2v) is 6.43. The summed E-state index contributed by atoms with van der Waals surface area (Å²) in [6.07, 6.45) is 4.13. The van der Waals surface area contributed by atoms with Crippen LogP contribution in [-0.2, 0) is 4.79 Å². The van der Waals surface area contributed by atoms with E-state index in [0.29, 0.717) is 11.5 Å². The van der Waals surface area contributed by atoms with Crippen molar-refractivity contribution in [3.63, 3.8) is 0 Å². The highest BCUT2D eigenvalue weighted by Gasteiger charge is 2.28. The van der Waals surface area contributed by atoms with Crippen molar-refractivity contribution in [2.45, 2.75) is 20.8 Å². The number of anilines is 1. The molecule has 1 heterocycles. The SMILES string of the molecule is CC1=NN(c2ccccc2)C(=O)/C1=C/C(=CC(C)C)c1ccccc1. The van der Waals surface area contributed by atoms with Crippen molar-refractivity contribution in [3.05, 3.63) is 84.0 Å². The average Bonchev–Trinajstić information content (AvgIpc) is 2.90. The van der Waals surface area contributed by atoms with Crippen molar-refractivity contribution in [2.24, 2.45) is 11.0 Å². The highest BCUT2D eigenvalue weighted by molar-refractivity contribution is 6.30. The summed E-state index contributed by atoms with van der Waals surface area (Å²) in [6.45, 7) is 6.15. The van der Waals surface area contributed by atoms with Gasteiger partial charge in [-0.2, -0.15) is 10.1 Å². The number of hydrazone groups is 1. The van der Waals surface area contributed by atoms with E-state index in [1.807, 2.05) is 61.5 Å². The van der Waals surface area contributed by atoms with Crippen LogP contribution in [0.5, 0.6) is 0 Å². The van der Waals surface area contributed by atoms with Crippen LogP contribution in [0.15, 0.2) is 83.5 Å². The van der Waals surface area contributed by atoms with Crippen LogP contribution in [-0.4, -0.2) is 11.6 Å². The van der Waals surface area contributed by atoms with Gasteiger partial charge >= 0.3 is 0 Å². The van der Waals surface area contributed by atoms with Crippen molar-refractivity contribution in [1.82, 2.24) is 0 Å². The van der Waals surface area contributed by atoms with Crippen molar-refractivity contribution in [3.8, 4) is 0 Å². The number of rotatable bonds is 4. The largest absolute Gasteiger partial charge is 0.280 e. The van der Waals surface area contributed by atoms with Crippen LogP contribution in [0.3, 0.4) is 0 Å². The Morgan fingerprint density at radius 3 is 2.20 bits per heavy atom. The minimum Gasteiger partial charge on any atom is -0.267 e. The fraction of sp³-hybridized carbons (Fsp3) is 0.182. The van der Waals surface area contributed by atoms with Gasteiger partial charge in [-0.15, -0.1) is 0 Å². The molecule has 2 aromatic carbocycles. The number of nitrogens with zero attached hydrogens (tertiary/aromatic N) is 2. The monoisotopic (exact) mass is 330 g/mol. The first-order valence-corrected chi connectivity index (χ1v) is 8.50. The maximum Gasteiger partial charge on any atom is 0.280 e. The van der Waals surface area contributed by atoms with E-state index in [1.54, 1.807) is 0 Å². The lowest BCUT2D eigenvalue weighted by molar-refractivity contribution is -0.114. The molecule has 3 rings (SSSR count). The molecule has 0 bridgehead atoms. The predicted octanol–water partition coefficient (Wildman–Crippen LogP) is 5.08. The van der Waals surface area contributed by atoms with E-state index in [2.05, 4.69) is 37.2 Å². The third kappa shape index (κ3) is 3.77. The van der Waals surface area contributed by atoms with Gasteiger partial charge in [0.05, 0.1) is 17.0 Å². The Bertz CT molecular complexity index is 846. The maximum atomic E-state index is 12.9. The molecule has 126 valence electrons. The molecule has 25 heavy (non-hydrogen) atoms. The normalized spacial score (nSPS) is 16.7. The van der Waals surface area contributed by atoms with Crippen LogP contribution in [0.2, 0.25) is 0 Å². The number of para-hydroxylation sites is 1. The van der Waals surface area contributed by atoms with Gasteiger partial charge in [-0.1, -0.05) is 68.5 Å². The molecular formula is C22H22N2O. The molecule has 0 unspecified atom stereocenters. The van der Waals surface area contributed by atoms with Gasteiger partial charge in [0.2, 0.25) is 0 Å². The highest BCUT2D eigenvalue weighted by atomic mass is 16.2. The molecule has 0 aliphatic carbocycles. The summed E-state index contributed by atoms with van der Waals surface area (Å²) in [7, 11) is 0. The maximum absolute atomic E-state index is 12.9. The molecule has 2 aromatic rings. The fourth-order valence-electron chi connectivity index (χ4n) is 2.80. The number of carbonyl (C=O) groups excluding carboxylic acids is 1. The van der Waals surface area contributed by atoms with Crippen LogP contribution in [0, 0.1) is 5.92 Å². The van der Waals surface area contributed by atoms with Crippen molar-refractivity contribution in [2.75, 3.05) is 5.01 Å².